The predicted molar refractivity (Wildman–Crippen MR) is 73.9 cm³/mol. The topological polar surface area (TPSA) is 37.4 Å². The molecule has 0 saturated heterocycles. The van der Waals surface area contributed by atoms with Crippen molar-refractivity contribution in [2.24, 2.45) is 0 Å². The minimum Gasteiger partial charge on any atom is -0.348 e. The lowest BCUT2D eigenvalue weighted by Gasteiger charge is -2.10. The maximum Gasteiger partial charge on any atom is 0.235 e. The summed E-state index contributed by atoms with van der Waals surface area (Å²) in [5.74, 6) is -0.0905. The molecular weight excluding hydrogens is 246 g/mol. The molecule has 1 amide bonds. The molecule has 1 atom stereocenters. The van der Waals surface area contributed by atoms with E-state index in [0.29, 0.717) is 4.90 Å². The molecule has 2 aromatic rings. The Morgan fingerprint density at radius 2 is 1.78 bits per heavy atom. The summed E-state index contributed by atoms with van der Waals surface area (Å²) in [5, 5.41) is 2.15. The first-order valence-corrected chi connectivity index (χ1v) is 6.97. The molecule has 2 aromatic carbocycles. The lowest BCUT2D eigenvalue weighted by Crippen LogP contribution is -2.26. The number of amides is 1. The van der Waals surface area contributed by atoms with Crippen LogP contribution in [-0.4, -0.2) is 34.9 Å². The third kappa shape index (κ3) is 2.76. The fraction of sp³-hybridized carbons (Fsp3) is 0.214. The van der Waals surface area contributed by atoms with Crippen LogP contribution in [0.5, 0.6) is 0 Å². The van der Waals surface area contributed by atoms with Gasteiger partial charge in [-0.15, -0.1) is 0 Å². The van der Waals surface area contributed by atoms with E-state index in [1.165, 1.54) is 4.90 Å². The van der Waals surface area contributed by atoms with Gasteiger partial charge in [0.25, 0.3) is 0 Å². The number of carbonyl (C=O) groups excluding carboxylic acids is 1. The molecule has 0 fully saturated rings. The molecule has 0 aliphatic carbocycles. The van der Waals surface area contributed by atoms with Crippen LogP contribution in [0.2, 0.25) is 0 Å². The molecule has 18 heavy (non-hydrogen) atoms. The summed E-state index contributed by atoms with van der Waals surface area (Å²) in [6.45, 7) is 0. The molecule has 2 rings (SSSR count). The van der Waals surface area contributed by atoms with E-state index in [-0.39, 0.29) is 11.7 Å². The maximum atomic E-state index is 12.1. The van der Waals surface area contributed by atoms with Crippen molar-refractivity contribution in [3.05, 3.63) is 42.5 Å². The van der Waals surface area contributed by atoms with Crippen LogP contribution in [0.3, 0.4) is 0 Å². The average molecular weight is 261 g/mol. The zero-order valence-electron chi connectivity index (χ0n) is 10.4. The molecule has 0 bridgehead atoms. The van der Waals surface area contributed by atoms with E-state index in [2.05, 4.69) is 0 Å². The highest BCUT2D eigenvalue weighted by Gasteiger charge is 2.12. The first kappa shape index (κ1) is 12.8. The summed E-state index contributed by atoms with van der Waals surface area (Å²) in [7, 11) is 2.05. The molecule has 0 spiro atoms. The van der Waals surface area contributed by atoms with E-state index in [0.717, 1.165) is 10.8 Å². The largest absolute Gasteiger partial charge is 0.348 e. The lowest BCUT2D eigenvalue weighted by molar-refractivity contribution is -0.125. The van der Waals surface area contributed by atoms with Gasteiger partial charge in [0.2, 0.25) is 5.91 Å². The fourth-order valence-corrected chi connectivity index (χ4v) is 2.76. The number of hydrogen-bond acceptors (Lipinski definition) is 2. The van der Waals surface area contributed by atoms with Gasteiger partial charge in [-0.2, -0.15) is 0 Å². The molecule has 3 nitrogen and oxygen atoms in total. The van der Waals surface area contributed by atoms with Crippen LogP contribution < -0.4 is 0 Å². The van der Waals surface area contributed by atoms with Crippen LogP contribution in [0.25, 0.3) is 10.8 Å². The van der Waals surface area contributed by atoms with E-state index in [1.807, 2.05) is 42.5 Å². The summed E-state index contributed by atoms with van der Waals surface area (Å²) < 4.78 is 12.1. The first-order valence-electron chi connectivity index (χ1n) is 5.65. The summed E-state index contributed by atoms with van der Waals surface area (Å²) in [6.07, 6.45) is 0. The Bertz CT molecular complexity index is 608. The standard InChI is InChI=1S/C14H15NO2S/c1-15(2)14(16)10-18(17)13-8-7-11-5-3-4-6-12(11)9-13/h3-9H,10H2,1-2H3. The highest BCUT2D eigenvalue weighted by molar-refractivity contribution is 7.85. The van der Waals surface area contributed by atoms with Crippen LogP contribution in [0.1, 0.15) is 0 Å². The van der Waals surface area contributed by atoms with E-state index in [9.17, 15) is 9.00 Å². The Kier molecular flexibility index (Phi) is 3.77. The van der Waals surface area contributed by atoms with Gasteiger partial charge >= 0.3 is 0 Å². The quantitative estimate of drug-likeness (QED) is 0.848. The first-order chi connectivity index (χ1) is 8.58. The van der Waals surface area contributed by atoms with Crippen molar-refractivity contribution >= 4 is 27.5 Å². The number of hydrogen-bond donors (Lipinski definition) is 0. The van der Waals surface area contributed by atoms with Crippen molar-refractivity contribution in [1.82, 2.24) is 4.90 Å². The van der Waals surface area contributed by atoms with Crippen molar-refractivity contribution in [1.29, 1.82) is 0 Å². The number of carbonyl (C=O) groups is 1. The average Bonchev–Trinajstić information content (AvgIpc) is 2.37. The molecule has 94 valence electrons. The third-order valence-electron chi connectivity index (χ3n) is 2.74. The van der Waals surface area contributed by atoms with Crippen LogP contribution in [0.4, 0.5) is 0 Å². The molecule has 0 radical (unpaired) electrons. The Balaban J connectivity index is 2.26. The molecule has 0 N–H and O–H groups in total. The predicted octanol–water partition coefficient (Wildman–Crippen LogP) is 2.04. The minimum atomic E-state index is -1.28. The van der Waals surface area contributed by atoms with Gasteiger partial charge in [0, 0.05) is 19.0 Å². The van der Waals surface area contributed by atoms with Crippen molar-refractivity contribution in [3.63, 3.8) is 0 Å². The monoisotopic (exact) mass is 261 g/mol. The molecule has 0 aliphatic rings. The highest BCUT2D eigenvalue weighted by atomic mass is 32.2. The van der Waals surface area contributed by atoms with Gasteiger partial charge in [-0.1, -0.05) is 30.3 Å². The van der Waals surface area contributed by atoms with Crippen LogP contribution >= 0.6 is 0 Å². The van der Waals surface area contributed by atoms with E-state index < -0.39 is 10.8 Å². The van der Waals surface area contributed by atoms with Crippen LogP contribution in [-0.2, 0) is 15.6 Å². The summed E-state index contributed by atoms with van der Waals surface area (Å²) in [4.78, 5) is 13.7. The Morgan fingerprint density at radius 1 is 1.11 bits per heavy atom. The second-order valence-corrected chi connectivity index (χ2v) is 5.74. The molecule has 0 saturated carbocycles. The zero-order chi connectivity index (χ0) is 13.1. The Morgan fingerprint density at radius 3 is 2.44 bits per heavy atom. The summed E-state index contributed by atoms with van der Waals surface area (Å²) in [6, 6.07) is 13.5. The smallest absolute Gasteiger partial charge is 0.235 e. The van der Waals surface area contributed by atoms with Crippen molar-refractivity contribution < 1.29 is 9.00 Å². The molecule has 0 aromatic heterocycles. The minimum absolute atomic E-state index is 0.0331. The zero-order valence-corrected chi connectivity index (χ0v) is 11.2. The SMILES string of the molecule is CN(C)C(=O)CS(=O)c1ccc2ccccc2c1. The Hall–Kier alpha value is -1.68. The van der Waals surface area contributed by atoms with Gasteiger partial charge in [0.15, 0.2) is 0 Å². The fourth-order valence-electron chi connectivity index (χ4n) is 1.63. The summed E-state index contributed by atoms with van der Waals surface area (Å²) in [5.41, 5.74) is 0. The van der Waals surface area contributed by atoms with Crippen LogP contribution in [0.15, 0.2) is 47.4 Å². The molecule has 1 unspecified atom stereocenters. The number of nitrogens with zero attached hydrogens (tertiary/aromatic N) is 1. The van der Waals surface area contributed by atoms with Crippen molar-refractivity contribution in [2.45, 2.75) is 4.90 Å². The van der Waals surface area contributed by atoms with Gasteiger partial charge in [-0.05, 0) is 22.9 Å². The van der Waals surface area contributed by atoms with Gasteiger partial charge in [0.05, 0.1) is 10.8 Å². The highest BCUT2D eigenvalue weighted by Crippen LogP contribution is 2.18. The molecular formula is C14H15NO2S. The van der Waals surface area contributed by atoms with E-state index >= 15 is 0 Å². The number of rotatable bonds is 3. The van der Waals surface area contributed by atoms with Crippen LogP contribution in [0, 0.1) is 0 Å². The number of fused-ring (bicyclic) bond motifs is 1. The molecule has 0 heterocycles. The van der Waals surface area contributed by atoms with Gasteiger partial charge in [-0.25, -0.2) is 0 Å². The third-order valence-corrected chi connectivity index (χ3v) is 4.03. The maximum absolute atomic E-state index is 12.1. The van der Waals surface area contributed by atoms with Gasteiger partial charge in [-0.3, -0.25) is 9.00 Å². The summed E-state index contributed by atoms with van der Waals surface area (Å²) >= 11 is 0. The van der Waals surface area contributed by atoms with Gasteiger partial charge < -0.3 is 4.90 Å². The molecule has 0 aliphatic heterocycles. The second-order valence-electron chi connectivity index (χ2n) is 4.29. The van der Waals surface area contributed by atoms with Gasteiger partial charge in [0.1, 0.15) is 5.75 Å². The number of benzene rings is 2. The molecule has 4 heteroatoms. The van der Waals surface area contributed by atoms with E-state index in [1.54, 1.807) is 14.1 Å². The Labute approximate surface area is 109 Å². The lowest BCUT2D eigenvalue weighted by atomic mass is 10.1. The van der Waals surface area contributed by atoms with E-state index in [4.69, 9.17) is 0 Å². The van der Waals surface area contributed by atoms with Crippen molar-refractivity contribution in [2.75, 3.05) is 19.8 Å². The normalized spacial score (nSPS) is 12.3. The second kappa shape index (κ2) is 5.31. The van der Waals surface area contributed by atoms with Crippen molar-refractivity contribution in [3.8, 4) is 0 Å².